The molecule has 2 aromatic rings. The van der Waals surface area contributed by atoms with E-state index in [0.29, 0.717) is 43.4 Å². The van der Waals surface area contributed by atoms with Crippen LogP contribution in [0.2, 0.25) is 10.0 Å². The van der Waals surface area contributed by atoms with Crippen molar-refractivity contribution in [3.63, 3.8) is 0 Å². The summed E-state index contributed by atoms with van der Waals surface area (Å²) in [6, 6.07) is 9.25. The molecule has 0 N–H and O–H groups in total. The van der Waals surface area contributed by atoms with Crippen LogP contribution < -0.4 is 9.47 Å². The first-order valence-corrected chi connectivity index (χ1v) is 13.6. The van der Waals surface area contributed by atoms with E-state index in [4.69, 9.17) is 44.9 Å². The molecule has 0 atom stereocenters. The summed E-state index contributed by atoms with van der Waals surface area (Å²) in [4.78, 5) is 16.9. The highest BCUT2D eigenvalue weighted by Crippen LogP contribution is 2.39. The summed E-state index contributed by atoms with van der Waals surface area (Å²) in [7, 11) is 1.85. The quantitative estimate of drug-likeness (QED) is 0.245. The minimum absolute atomic E-state index is 0.0452. The molecule has 4 rings (SSSR count). The van der Waals surface area contributed by atoms with E-state index < -0.39 is 0 Å². The van der Waals surface area contributed by atoms with Gasteiger partial charge in [0.25, 0.3) is 5.91 Å². The van der Waals surface area contributed by atoms with Gasteiger partial charge in [0.1, 0.15) is 12.3 Å². The number of thiocarbonyl (C=S) groups is 1. The summed E-state index contributed by atoms with van der Waals surface area (Å²) in [5, 5.41) is 1.67. The number of rotatable bonds is 7. The molecule has 1 aliphatic carbocycles. The van der Waals surface area contributed by atoms with Gasteiger partial charge in [-0.25, -0.2) is 0 Å². The molecule has 186 valence electrons. The Labute approximate surface area is 230 Å². The molecule has 0 spiro atoms. The summed E-state index contributed by atoms with van der Waals surface area (Å²) in [5.41, 5.74) is 2.17. The average molecular weight is 598 g/mol. The Morgan fingerprint density at radius 2 is 1.89 bits per heavy atom. The Hall–Kier alpha value is -1.80. The zero-order valence-electron chi connectivity index (χ0n) is 19.7. The van der Waals surface area contributed by atoms with Gasteiger partial charge in [-0.3, -0.25) is 9.69 Å². The second-order valence-corrected chi connectivity index (χ2v) is 10.7. The molecule has 1 heterocycles. The normalized spacial score (nSPS) is 18.0. The number of carbonyl (C=O) groups excluding carboxylic acids is 1. The summed E-state index contributed by atoms with van der Waals surface area (Å²) in [6.45, 7) is 2.62. The Morgan fingerprint density at radius 3 is 2.57 bits per heavy atom. The lowest BCUT2D eigenvalue weighted by Gasteiger charge is -2.30. The fourth-order valence-corrected chi connectivity index (χ4v) is 5.83. The van der Waals surface area contributed by atoms with E-state index in [1.807, 2.05) is 38.2 Å². The van der Waals surface area contributed by atoms with Gasteiger partial charge in [0, 0.05) is 28.7 Å². The van der Waals surface area contributed by atoms with E-state index in [1.165, 1.54) is 6.42 Å². The van der Waals surface area contributed by atoms with Gasteiger partial charge in [-0.2, -0.15) is 0 Å². The van der Waals surface area contributed by atoms with Crippen molar-refractivity contribution >= 4 is 68.4 Å². The van der Waals surface area contributed by atoms with Crippen molar-refractivity contribution in [3.05, 3.63) is 61.7 Å². The Kier molecular flexibility index (Phi) is 8.63. The largest absolute Gasteiger partial charge is 0.490 e. The van der Waals surface area contributed by atoms with Crippen molar-refractivity contribution in [2.75, 3.05) is 13.7 Å². The number of nitrogens with zero attached hydrogens (tertiary/aromatic N) is 2. The highest BCUT2D eigenvalue weighted by atomic mass is 79.9. The summed E-state index contributed by atoms with van der Waals surface area (Å²) >= 11 is 21.6. The lowest BCUT2D eigenvalue weighted by Crippen LogP contribution is -2.41. The van der Waals surface area contributed by atoms with E-state index in [-0.39, 0.29) is 18.6 Å². The number of benzene rings is 2. The van der Waals surface area contributed by atoms with Gasteiger partial charge in [0.15, 0.2) is 16.6 Å². The predicted molar refractivity (Wildman–Crippen MR) is 148 cm³/mol. The van der Waals surface area contributed by atoms with Crippen LogP contribution >= 0.6 is 51.3 Å². The average Bonchev–Trinajstić information content (AvgIpc) is 3.03. The molecule has 0 bridgehead atoms. The minimum atomic E-state index is -0.0452. The standard InChI is InChI=1S/C26H27BrCl2N2O3S/c1-3-33-23-13-16(11-20(27)24(23)34-15-17-9-10-18(28)14-21(17)29)12-22-25(32)31(26(35)30(22)2)19-7-5-4-6-8-19/h9-14,19H,3-8,15H2,1-2H3/b22-12-. The van der Waals surface area contributed by atoms with Gasteiger partial charge in [-0.1, -0.05) is 48.5 Å². The van der Waals surface area contributed by atoms with E-state index in [2.05, 4.69) is 15.9 Å². The third kappa shape index (κ3) is 5.79. The SMILES string of the molecule is CCOc1cc(/C=C2/C(=O)N(C3CCCCC3)C(=S)N2C)cc(Br)c1OCc1ccc(Cl)cc1Cl. The monoisotopic (exact) mass is 596 g/mol. The van der Waals surface area contributed by atoms with Gasteiger partial charge in [0.2, 0.25) is 0 Å². The number of carbonyl (C=O) groups is 1. The van der Waals surface area contributed by atoms with Crippen LogP contribution in [0.3, 0.4) is 0 Å². The maximum absolute atomic E-state index is 13.3. The fraction of sp³-hybridized carbons (Fsp3) is 0.385. The van der Waals surface area contributed by atoms with Crippen LogP contribution in [-0.2, 0) is 11.4 Å². The number of halogens is 3. The molecule has 1 saturated heterocycles. The predicted octanol–water partition coefficient (Wildman–Crippen LogP) is 7.47. The first-order valence-electron chi connectivity index (χ1n) is 11.7. The molecule has 35 heavy (non-hydrogen) atoms. The second kappa shape index (κ2) is 11.5. The molecule has 1 amide bonds. The zero-order valence-corrected chi connectivity index (χ0v) is 23.6. The number of ether oxygens (including phenoxy) is 2. The van der Waals surface area contributed by atoms with Crippen molar-refractivity contribution in [2.45, 2.75) is 51.7 Å². The van der Waals surface area contributed by atoms with Gasteiger partial charge in [0.05, 0.1) is 11.1 Å². The molecule has 2 aliphatic rings. The molecular weight excluding hydrogens is 571 g/mol. The van der Waals surface area contributed by atoms with E-state index in [1.54, 1.807) is 21.9 Å². The Bertz CT molecular complexity index is 1170. The summed E-state index contributed by atoms with van der Waals surface area (Å²) in [5.74, 6) is 1.08. The fourth-order valence-electron chi connectivity index (χ4n) is 4.46. The first kappa shape index (κ1) is 26.3. The third-order valence-electron chi connectivity index (χ3n) is 6.25. The first-order chi connectivity index (χ1) is 16.8. The van der Waals surface area contributed by atoms with Crippen LogP contribution in [0.4, 0.5) is 0 Å². The van der Waals surface area contributed by atoms with Crippen molar-refractivity contribution in [1.29, 1.82) is 0 Å². The topological polar surface area (TPSA) is 42.0 Å². The molecule has 2 aromatic carbocycles. The van der Waals surface area contributed by atoms with Gasteiger partial charge in [-0.05, 0) is 83.8 Å². The highest BCUT2D eigenvalue weighted by Gasteiger charge is 2.40. The van der Waals surface area contributed by atoms with E-state index in [0.717, 1.165) is 36.8 Å². The Balaban J connectivity index is 1.60. The summed E-state index contributed by atoms with van der Waals surface area (Å²) < 4.78 is 12.7. The maximum atomic E-state index is 13.3. The highest BCUT2D eigenvalue weighted by molar-refractivity contribution is 9.10. The molecule has 0 unspecified atom stereocenters. The molecule has 0 aromatic heterocycles. The number of hydrogen-bond donors (Lipinski definition) is 0. The molecule has 5 nitrogen and oxygen atoms in total. The van der Waals surface area contributed by atoms with Crippen LogP contribution in [0.1, 0.15) is 50.2 Å². The Morgan fingerprint density at radius 1 is 1.14 bits per heavy atom. The van der Waals surface area contributed by atoms with Crippen molar-refractivity contribution in [1.82, 2.24) is 9.80 Å². The van der Waals surface area contributed by atoms with Gasteiger partial charge < -0.3 is 14.4 Å². The molecule has 1 aliphatic heterocycles. The minimum Gasteiger partial charge on any atom is -0.490 e. The van der Waals surface area contributed by atoms with Crippen LogP contribution in [0, 0.1) is 0 Å². The smallest absolute Gasteiger partial charge is 0.277 e. The van der Waals surface area contributed by atoms with Crippen LogP contribution in [0.5, 0.6) is 11.5 Å². The van der Waals surface area contributed by atoms with Gasteiger partial charge in [-0.15, -0.1) is 0 Å². The van der Waals surface area contributed by atoms with E-state index in [9.17, 15) is 4.79 Å². The summed E-state index contributed by atoms with van der Waals surface area (Å²) in [6.07, 6.45) is 7.33. The molecule has 0 radical (unpaired) electrons. The number of likely N-dealkylation sites (N-methyl/N-ethyl adjacent to an activating group) is 1. The molecular formula is C26H27BrCl2N2O3S. The molecule has 1 saturated carbocycles. The number of hydrogen-bond acceptors (Lipinski definition) is 4. The van der Waals surface area contributed by atoms with Crippen LogP contribution in [0.15, 0.2) is 40.5 Å². The van der Waals surface area contributed by atoms with Gasteiger partial charge >= 0.3 is 0 Å². The van der Waals surface area contributed by atoms with E-state index >= 15 is 0 Å². The number of amides is 1. The lowest BCUT2D eigenvalue weighted by atomic mass is 9.94. The van der Waals surface area contributed by atoms with Crippen LogP contribution in [-0.4, -0.2) is 40.5 Å². The zero-order chi connectivity index (χ0) is 25.1. The van der Waals surface area contributed by atoms with Crippen LogP contribution in [0.25, 0.3) is 6.08 Å². The molecule has 2 fully saturated rings. The maximum Gasteiger partial charge on any atom is 0.277 e. The van der Waals surface area contributed by atoms with Crippen molar-refractivity contribution in [3.8, 4) is 11.5 Å². The third-order valence-corrected chi connectivity index (χ3v) is 7.90. The molecule has 9 heteroatoms. The van der Waals surface area contributed by atoms with Crippen molar-refractivity contribution in [2.24, 2.45) is 0 Å². The second-order valence-electron chi connectivity index (χ2n) is 8.63. The van der Waals surface area contributed by atoms with Crippen molar-refractivity contribution < 1.29 is 14.3 Å². The lowest BCUT2D eigenvalue weighted by molar-refractivity contribution is -0.124.